The van der Waals surface area contributed by atoms with Crippen LogP contribution in [-0.4, -0.2) is 11.5 Å². The van der Waals surface area contributed by atoms with Crippen LogP contribution in [0, 0.1) is 11.6 Å². The average Bonchev–Trinajstić information content (AvgIpc) is 2.35. The maximum absolute atomic E-state index is 14.1. The van der Waals surface area contributed by atoms with E-state index in [9.17, 15) is 8.78 Å². The van der Waals surface area contributed by atoms with Crippen molar-refractivity contribution in [2.24, 2.45) is 0 Å². The minimum Gasteiger partial charge on any atom is -0.383 e. The molecule has 1 N–H and O–H groups in total. The van der Waals surface area contributed by atoms with E-state index in [-0.39, 0.29) is 5.56 Å². The van der Waals surface area contributed by atoms with Crippen LogP contribution in [0.2, 0.25) is 0 Å². The van der Waals surface area contributed by atoms with E-state index in [0.29, 0.717) is 17.8 Å². The lowest BCUT2D eigenvalue weighted by atomic mass is 10.1. The molecule has 1 heterocycles. The topological polar surface area (TPSA) is 24.9 Å². The molecule has 1 aromatic carbocycles. The third-order valence-corrected chi connectivity index (χ3v) is 2.41. The number of nitrogens with one attached hydrogen (secondary N) is 1. The van der Waals surface area contributed by atoms with Gasteiger partial charge in [-0.2, -0.15) is 0 Å². The molecule has 0 aliphatic heterocycles. The molecule has 2 rings (SSSR count). The van der Waals surface area contributed by atoms with Gasteiger partial charge in [-0.15, -0.1) is 0 Å². The summed E-state index contributed by atoms with van der Waals surface area (Å²) in [5.74, 6) is -1.17. The summed E-state index contributed by atoms with van der Waals surface area (Å²) in [6, 6.07) is 5.93. The van der Waals surface area contributed by atoms with Gasteiger partial charge in [-0.05, 0) is 25.1 Å². The van der Waals surface area contributed by atoms with E-state index in [4.69, 9.17) is 0 Å². The summed E-state index contributed by atoms with van der Waals surface area (Å²) >= 11 is 0. The van der Waals surface area contributed by atoms with Gasteiger partial charge >= 0.3 is 0 Å². The molecule has 17 heavy (non-hydrogen) atoms. The minimum absolute atomic E-state index is 0.0449. The van der Waals surface area contributed by atoms with Crippen molar-refractivity contribution in [3.05, 3.63) is 48.3 Å². The SMILES string of the molecule is CCNc1ccc(F)c(-c2cccnc2)c1F. The summed E-state index contributed by atoms with van der Waals surface area (Å²) in [6.07, 6.45) is 3.00. The number of rotatable bonds is 3. The van der Waals surface area contributed by atoms with Gasteiger partial charge in [-0.3, -0.25) is 4.98 Å². The molecular formula is C13H12F2N2. The lowest BCUT2D eigenvalue weighted by Crippen LogP contribution is -2.02. The first kappa shape index (κ1) is 11.5. The lowest BCUT2D eigenvalue weighted by Gasteiger charge is -2.10. The van der Waals surface area contributed by atoms with Gasteiger partial charge in [0.25, 0.3) is 0 Å². The molecule has 0 amide bonds. The molecule has 0 bridgehead atoms. The van der Waals surface area contributed by atoms with E-state index < -0.39 is 11.6 Å². The Kier molecular flexibility index (Phi) is 3.32. The summed E-state index contributed by atoms with van der Waals surface area (Å²) in [4.78, 5) is 3.87. The second-order valence-electron chi connectivity index (χ2n) is 3.56. The van der Waals surface area contributed by atoms with Crippen LogP contribution < -0.4 is 5.32 Å². The first-order valence-corrected chi connectivity index (χ1v) is 5.36. The second-order valence-corrected chi connectivity index (χ2v) is 3.56. The number of hydrogen-bond acceptors (Lipinski definition) is 2. The first-order valence-electron chi connectivity index (χ1n) is 5.36. The fourth-order valence-corrected chi connectivity index (χ4v) is 1.65. The highest BCUT2D eigenvalue weighted by Crippen LogP contribution is 2.29. The van der Waals surface area contributed by atoms with E-state index in [1.807, 2.05) is 6.92 Å². The van der Waals surface area contributed by atoms with Crippen LogP contribution in [-0.2, 0) is 0 Å². The summed E-state index contributed by atoms with van der Waals surface area (Å²) in [5.41, 5.74) is 0.687. The molecule has 0 unspecified atom stereocenters. The van der Waals surface area contributed by atoms with Crippen LogP contribution in [0.15, 0.2) is 36.7 Å². The molecule has 0 saturated carbocycles. The minimum atomic E-state index is -0.586. The smallest absolute Gasteiger partial charge is 0.157 e. The van der Waals surface area contributed by atoms with E-state index in [1.54, 1.807) is 18.3 Å². The van der Waals surface area contributed by atoms with Crippen molar-refractivity contribution in [1.82, 2.24) is 4.98 Å². The predicted octanol–water partition coefficient (Wildman–Crippen LogP) is 3.46. The van der Waals surface area contributed by atoms with Crippen molar-refractivity contribution in [3.63, 3.8) is 0 Å². The number of halogens is 2. The van der Waals surface area contributed by atoms with Crippen molar-refractivity contribution >= 4 is 5.69 Å². The van der Waals surface area contributed by atoms with Gasteiger partial charge in [-0.25, -0.2) is 8.78 Å². The third-order valence-electron chi connectivity index (χ3n) is 2.41. The Morgan fingerprint density at radius 2 is 2.06 bits per heavy atom. The number of benzene rings is 1. The van der Waals surface area contributed by atoms with Crippen LogP contribution in [0.3, 0.4) is 0 Å². The van der Waals surface area contributed by atoms with E-state index in [1.165, 1.54) is 18.3 Å². The summed E-state index contributed by atoms with van der Waals surface area (Å²) in [5, 5.41) is 2.85. The summed E-state index contributed by atoms with van der Waals surface area (Å²) in [7, 11) is 0. The standard InChI is InChI=1S/C13H12F2N2/c1-2-17-11-6-5-10(14)12(13(11)15)9-4-3-7-16-8-9/h3-8,17H,2H2,1H3. The predicted molar refractivity (Wildman–Crippen MR) is 63.8 cm³/mol. The summed E-state index contributed by atoms with van der Waals surface area (Å²) < 4.78 is 27.7. The molecule has 4 heteroatoms. The Bertz CT molecular complexity index is 512. The largest absolute Gasteiger partial charge is 0.383 e. The maximum Gasteiger partial charge on any atom is 0.157 e. The number of hydrogen-bond donors (Lipinski definition) is 1. The lowest BCUT2D eigenvalue weighted by molar-refractivity contribution is 0.591. The molecule has 0 radical (unpaired) electrons. The Hall–Kier alpha value is -1.97. The highest BCUT2D eigenvalue weighted by atomic mass is 19.1. The number of aromatic nitrogens is 1. The van der Waals surface area contributed by atoms with Crippen LogP contribution in [0.4, 0.5) is 14.5 Å². The maximum atomic E-state index is 14.1. The highest BCUT2D eigenvalue weighted by Gasteiger charge is 2.14. The fraction of sp³-hybridized carbons (Fsp3) is 0.154. The zero-order valence-corrected chi connectivity index (χ0v) is 9.37. The summed E-state index contributed by atoms with van der Waals surface area (Å²) in [6.45, 7) is 2.43. The van der Waals surface area contributed by atoms with Crippen molar-refractivity contribution in [1.29, 1.82) is 0 Å². The van der Waals surface area contributed by atoms with E-state index in [0.717, 1.165) is 0 Å². The van der Waals surface area contributed by atoms with Crippen molar-refractivity contribution in [3.8, 4) is 11.1 Å². The van der Waals surface area contributed by atoms with Gasteiger partial charge in [-0.1, -0.05) is 6.07 Å². The molecule has 0 aliphatic rings. The zero-order chi connectivity index (χ0) is 12.3. The van der Waals surface area contributed by atoms with Crippen LogP contribution in [0.5, 0.6) is 0 Å². The molecule has 1 aromatic heterocycles. The van der Waals surface area contributed by atoms with Gasteiger partial charge in [0.1, 0.15) is 5.82 Å². The van der Waals surface area contributed by atoms with Crippen molar-refractivity contribution in [2.45, 2.75) is 6.92 Å². The average molecular weight is 234 g/mol. The monoisotopic (exact) mass is 234 g/mol. The van der Waals surface area contributed by atoms with Gasteiger partial charge in [0, 0.05) is 24.5 Å². The molecule has 0 fully saturated rings. The van der Waals surface area contributed by atoms with E-state index in [2.05, 4.69) is 10.3 Å². The Balaban J connectivity index is 2.56. The van der Waals surface area contributed by atoms with Gasteiger partial charge in [0.05, 0.1) is 11.3 Å². The zero-order valence-electron chi connectivity index (χ0n) is 9.37. The van der Waals surface area contributed by atoms with Gasteiger partial charge in [0.2, 0.25) is 0 Å². The fourth-order valence-electron chi connectivity index (χ4n) is 1.65. The molecule has 2 aromatic rings. The molecule has 0 aliphatic carbocycles. The van der Waals surface area contributed by atoms with E-state index >= 15 is 0 Å². The van der Waals surface area contributed by atoms with Crippen molar-refractivity contribution in [2.75, 3.05) is 11.9 Å². The van der Waals surface area contributed by atoms with Gasteiger partial charge < -0.3 is 5.32 Å². The molecular weight excluding hydrogens is 222 g/mol. The second kappa shape index (κ2) is 4.91. The van der Waals surface area contributed by atoms with Crippen LogP contribution in [0.1, 0.15) is 6.92 Å². The molecule has 88 valence electrons. The van der Waals surface area contributed by atoms with Gasteiger partial charge in [0.15, 0.2) is 5.82 Å². The number of pyridine rings is 1. The first-order chi connectivity index (χ1) is 8.24. The Labute approximate surface area is 98.3 Å². The number of nitrogens with zero attached hydrogens (tertiary/aromatic N) is 1. The molecule has 2 nitrogen and oxygen atoms in total. The van der Waals surface area contributed by atoms with Crippen LogP contribution >= 0.6 is 0 Å². The normalized spacial score (nSPS) is 10.3. The molecule has 0 saturated heterocycles. The molecule has 0 spiro atoms. The Morgan fingerprint density at radius 3 is 2.71 bits per heavy atom. The Morgan fingerprint density at radius 1 is 1.24 bits per heavy atom. The molecule has 0 atom stereocenters. The van der Waals surface area contributed by atoms with Crippen molar-refractivity contribution < 1.29 is 8.78 Å². The highest BCUT2D eigenvalue weighted by molar-refractivity contribution is 5.69. The number of anilines is 1. The van der Waals surface area contributed by atoms with Crippen LogP contribution in [0.25, 0.3) is 11.1 Å². The quantitative estimate of drug-likeness (QED) is 0.879. The third kappa shape index (κ3) is 2.25.